The van der Waals surface area contributed by atoms with Crippen molar-refractivity contribution < 1.29 is 13.2 Å². The van der Waals surface area contributed by atoms with Crippen molar-refractivity contribution in [3.8, 4) is 0 Å². The van der Waals surface area contributed by atoms with Crippen LogP contribution in [0.2, 0.25) is 0 Å². The van der Waals surface area contributed by atoms with Gasteiger partial charge in [0.1, 0.15) is 0 Å². The van der Waals surface area contributed by atoms with E-state index in [0.717, 1.165) is 0 Å². The Labute approximate surface area is 32.4 Å². The van der Waals surface area contributed by atoms with Crippen LogP contribution in [-0.2, 0) is 12.6 Å². The molecule has 0 aromatic rings. The Morgan fingerprint density at radius 2 is 1.20 bits per heavy atom. The first-order chi connectivity index (χ1) is 2.00. The fourth-order valence-electron chi connectivity index (χ4n) is 0. The topological polar surface area (TPSA) is 0 Å². The van der Waals surface area contributed by atoms with Crippen LogP contribution in [0.1, 0.15) is 0 Å². The summed E-state index contributed by atoms with van der Waals surface area (Å²) in [4.78, 5) is 0. The van der Waals surface area contributed by atoms with Crippen LogP contribution in [0, 0.1) is 0 Å². The van der Waals surface area contributed by atoms with Crippen molar-refractivity contribution in [3.05, 3.63) is 0 Å². The molecule has 0 bridgehead atoms. The number of alkyl halides is 3. The minimum Gasteiger partial charge on any atom is -0.680 e. The summed E-state index contributed by atoms with van der Waals surface area (Å²) < 4.78 is 30.5. The normalized spacial score (nSPS) is 12.0. The molecular formula is CF3S-. The molecule has 0 aliphatic rings. The Kier molecular flexibility index (Phi) is 1.11. The maximum atomic E-state index is 10.2. The summed E-state index contributed by atoms with van der Waals surface area (Å²) in [6.45, 7) is 0. The third-order valence-corrected chi connectivity index (χ3v) is 0. The van der Waals surface area contributed by atoms with Crippen LogP contribution in [0.15, 0.2) is 0 Å². The largest absolute Gasteiger partial charge is 0.680 e. The van der Waals surface area contributed by atoms with Gasteiger partial charge in [0, 0.05) is 0 Å². The molecule has 0 aromatic carbocycles. The van der Waals surface area contributed by atoms with Gasteiger partial charge in [-0.15, -0.1) is 0 Å². The molecule has 32 valence electrons. The first kappa shape index (κ1) is 5.14. The van der Waals surface area contributed by atoms with Crippen molar-refractivity contribution in [1.29, 1.82) is 0 Å². The zero-order chi connectivity index (χ0) is 4.50. The lowest BCUT2D eigenvalue weighted by molar-refractivity contribution is -0.0315. The average molecular weight is 101 g/mol. The van der Waals surface area contributed by atoms with E-state index in [2.05, 4.69) is 12.6 Å². The second-order valence-corrected chi connectivity index (χ2v) is 0.909. The van der Waals surface area contributed by atoms with Crippen LogP contribution in [0.4, 0.5) is 13.2 Å². The minimum atomic E-state index is -4.42. The highest BCUT2D eigenvalue weighted by Crippen LogP contribution is 2.08. The van der Waals surface area contributed by atoms with Gasteiger partial charge >= 0.3 is 0 Å². The molecule has 0 rings (SSSR count). The zero-order valence-electron chi connectivity index (χ0n) is 2.04. The Hall–Kier alpha value is 0.140. The molecule has 0 nitrogen and oxygen atoms in total. The van der Waals surface area contributed by atoms with Crippen molar-refractivity contribution in [2.75, 3.05) is 0 Å². The highest BCUT2D eigenvalue weighted by Gasteiger charge is 2.01. The Morgan fingerprint density at radius 3 is 1.20 bits per heavy atom. The lowest BCUT2D eigenvalue weighted by Gasteiger charge is -2.06. The van der Waals surface area contributed by atoms with E-state index in [9.17, 15) is 13.2 Å². The molecule has 4 heteroatoms. The smallest absolute Gasteiger partial charge is 0.276 e. The van der Waals surface area contributed by atoms with Crippen molar-refractivity contribution in [3.63, 3.8) is 0 Å². The van der Waals surface area contributed by atoms with E-state index in [1.54, 1.807) is 0 Å². The number of hydrogen-bond acceptors (Lipinski definition) is 1. The van der Waals surface area contributed by atoms with Crippen LogP contribution in [0.3, 0.4) is 0 Å². The van der Waals surface area contributed by atoms with Gasteiger partial charge in [0.25, 0.3) is 5.51 Å². The molecule has 0 saturated carbocycles. The zero-order valence-corrected chi connectivity index (χ0v) is 2.86. The molecule has 0 radical (unpaired) electrons. The molecule has 0 aromatic heterocycles. The SMILES string of the molecule is FC(F)(F)[S-]. The van der Waals surface area contributed by atoms with E-state index in [1.165, 1.54) is 0 Å². The Balaban J connectivity index is 3.02. The molecule has 0 unspecified atom stereocenters. The molecule has 5 heavy (non-hydrogen) atoms. The predicted octanol–water partition coefficient (Wildman–Crippen LogP) is 1.05. The number of halogens is 3. The van der Waals surface area contributed by atoms with Crippen LogP contribution in [-0.4, -0.2) is 5.51 Å². The van der Waals surface area contributed by atoms with Crippen molar-refractivity contribution in [1.82, 2.24) is 0 Å². The fraction of sp³-hybridized carbons (Fsp3) is 1.00. The maximum absolute atomic E-state index is 10.2. The van der Waals surface area contributed by atoms with E-state index < -0.39 is 5.51 Å². The van der Waals surface area contributed by atoms with E-state index in [0.29, 0.717) is 0 Å². The number of hydrogen-bond donors (Lipinski definition) is 0. The summed E-state index contributed by atoms with van der Waals surface area (Å²) in [5.74, 6) is 0. The highest BCUT2D eigenvalue weighted by atomic mass is 32.1. The van der Waals surface area contributed by atoms with E-state index in [1.807, 2.05) is 0 Å². The van der Waals surface area contributed by atoms with Crippen LogP contribution in [0.25, 0.3) is 0 Å². The molecular weight excluding hydrogens is 101 g/mol. The van der Waals surface area contributed by atoms with Gasteiger partial charge in [0.15, 0.2) is 0 Å². The van der Waals surface area contributed by atoms with Gasteiger partial charge in [0.2, 0.25) is 0 Å². The third-order valence-electron chi connectivity index (χ3n) is 0. The summed E-state index contributed by atoms with van der Waals surface area (Å²) in [5.41, 5.74) is -4.42. The summed E-state index contributed by atoms with van der Waals surface area (Å²) in [5, 5.41) is 0. The summed E-state index contributed by atoms with van der Waals surface area (Å²) in [6, 6.07) is 0. The molecule has 0 fully saturated rings. The van der Waals surface area contributed by atoms with E-state index in [-0.39, 0.29) is 0 Å². The molecule has 0 spiro atoms. The Morgan fingerprint density at radius 1 is 1.20 bits per heavy atom. The van der Waals surface area contributed by atoms with Gasteiger partial charge in [-0.25, -0.2) is 0 Å². The van der Waals surface area contributed by atoms with E-state index >= 15 is 0 Å². The van der Waals surface area contributed by atoms with Crippen molar-refractivity contribution in [2.45, 2.75) is 5.51 Å². The van der Waals surface area contributed by atoms with Gasteiger partial charge in [-0.3, -0.25) is 0 Å². The quantitative estimate of drug-likeness (QED) is 0.411. The van der Waals surface area contributed by atoms with Gasteiger partial charge < -0.3 is 12.6 Å². The highest BCUT2D eigenvalue weighted by molar-refractivity contribution is 7.59. The number of rotatable bonds is 0. The molecule has 0 aliphatic heterocycles. The predicted molar refractivity (Wildman–Crippen MR) is 13.4 cm³/mol. The van der Waals surface area contributed by atoms with Crippen LogP contribution < -0.4 is 0 Å². The second-order valence-electron chi connectivity index (χ2n) is 0.446. The van der Waals surface area contributed by atoms with Gasteiger partial charge in [0.05, 0.1) is 0 Å². The average Bonchev–Trinajstić information content (AvgIpc) is 0.722. The minimum absolute atomic E-state index is 2.83. The van der Waals surface area contributed by atoms with Gasteiger partial charge in [-0.05, 0) is 0 Å². The summed E-state index contributed by atoms with van der Waals surface area (Å²) >= 11 is 2.83. The molecule has 0 aliphatic carbocycles. The van der Waals surface area contributed by atoms with Crippen LogP contribution >= 0.6 is 0 Å². The molecule has 0 amide bonds. The van der Waals surface area contributed by atoms with Crippen molar-refractivity contribution in [2.24, 2.45) is 0 Å². The summed E-state index contributed by atoms with van der Waals surface area (Å²) in [6.07, 6.45) is 0. The lowest BCUT2D eigenvalue weighted by Crippen LogP contribution is -1.97. The van der Waals surface area contributed by atoms with Gasteiger partial charge in [-0.2, -0.15) is 13.2 Å². The third kappa shape index (κ3) is 967. The van der Waals surface area contributed by atoms with E-state index in [4.69, 9.17) is 0 Å². The molecule has 0 heterocycles. The lowest BCUT2D eigenvalue weighted by atomic mass is 11.6. The second kappa shape index (κ2) is 1.08. The summed E-state index contributed by atoms with van der Waals surface area (Å²) in [7, 11) is 0. The Bertz CT molecular complexity index is 22.4. The molecule has 0 saturated heterocycles. The van der Waals surface area contributed by atoms with Crippen molar-refractivity contribution >= 4 is 12.6 Å². The fourth-order valence-corrected chi connectivity index (χ4v) is 0. The first-order valence-corrected chi connectivity index (χ1v) is 1.18. The monoisotopic (exact) mass is 101 g/mol. The van der Waals surface area contributed by atoms with Crippen LogP contribution in [0.5, 0.6) is 0 Å². The molecule has 0 atom stereocenters. The molecule has 0 N–H and O–H groups in total. The maximum Gasteiger partial charge on any atom is 0.276 e. The standard InChI is InChI=1S/CHF3S/c2-1(3,4)5/h5H/p-1. The first-order valence-electron chi connectivity index (χ1n) is 0.771. The van der Waals surface area contributed by atoms with Gasteiger partial charge in [-0.1, -0.05) is 0 Å².